The molecule has 178 valence electrons. The first-order chi connectivity index (χ1) is 13.0. The highest BCUT2D eigenvalue weighted by atomic mass is 35.5. The summed E-state index contributed by atoms with van der Waals surface area (Å²) in [6, 6.07) is 10.2. The van der Waals surface area contributed by atoms with Gasteiger partial charge in [0.05, 0.1) is 10.0 Å². The molecule has 2 heterocycles. The Kier molecular flexibility index (Phi) is 17.5. The minimum atomic E-state index is 0. The number of hydrogen-bond donors (Lipinski definition) is 4. The van der Waals surface area contributed by atoms with E-state index in [4.69, 9.17) is 28.9 Å². The van der Waals surface area contributed by atoms with Crippen LogP contribution in [0.3, 0.4) is 0 Å². The van der Waals surface area contributed by atoms with Gasteiger partial charge in [0.25, 0.3) is 0 Å². The van der Waals surface area contributed by atoms with E-state index in [1.807, 2.05) is 24.3 Å². The van der Waals surface area contributed by atoms with Gasteiger partial charge < -0.3 is 21.7 Å². The van der Waals surface area contributed by atoms with Crippen molar-refractivity contribution in [2.24, 2.45) is 5.92 Å². The van der Waals surface area contributed by atoms with Gasteiger partial charge in [-0.05, 0) is 61.2 Å². The van der Waals surface area contributed by atoms with Crippen LogP contribution in [-0.4, -0.2) is 37.2 Å². The molecule has 11 heteroatoms. The maximum absolute atomic E-state index is 6.05. The van der Waals surface area contributed by atoms with Crippen molar-refractivity contribution in [2.75, 3.05) is 31.9 Å². The second-order valence-corrected chi connectivity index (χ2v) is 7.98. The summed E-state index contributed by atoms with van der Waals surface area (Å²) in [6.07, 6.45) is 0.938. The van der Waals surface area contributed by atoms with Crippen molar-refractivity contribution < 1.29 is 0 Å². The molecule has 0 amide bonds. The quantitative estimate of drug-likeness (QED) is 0.363. The van der Waals surface area contributed by atoms with Gasteiger partial charge in [-0.3, -0.25) is 0 Å². The number of hydrogen-bond acceptors (Lipinski definition) is 5. The number of nitrogens with two attached hydrogens (primary N) is 1. The first-order valence-electron chi connectivity index (χ1n) is 9.33. The number of benzene rings is 1. The number of aromatic nitrogens is 1. The smallest absolute Gasteiger partial charge is 0.123 e. The second kappa shape index (κ2) is 16.4. The zero-order valence-electron chi connectivity index (χ0n) is 17.2. The van der Waals surface area contributed by atoms with Crippen molar-refractivity contribution in [3.8, 4) is 0 Å². The van der Waals surface area contributed by atoms with Crippen LogP contribution in [0.1, 0.15) is 16.8 Å². The molecular formula is C20H31Cl6N5. The molecule has 0 saturated carbocycles. The largest absolute Gasteiger partial charge is 0.384 e. The third-order valence-electron chi connectivity index (χ3n) is 4.88. The summed E-state index contributed by atoms with van der Waals surface area (Å²) in [4.78, 5) is 4.48. The second-order valence-electron chi connectivity index (χ2n) is 7.17. The third-order valence-corrected chi connectivity index (χ3v) is 5.61. The van der Waals surface area contributed by atoms with Crippen LogP contribution in [0, 0.1) is 12.8 Å². The Hall–Kier alpha value is -0.210. The summed E-state index contributed by atoms with van der Waals surface area (Å²) < 4.78 is 0. The Balaban J connectivity index is 0. The number of rotatable bonds is 8. The molecule has 0 spiro atoms. The van der Waals surface area contributed by atoms with E-state index >= 15 is 0 Å². The fourth-order valence-electron chi connectivity index (χ4n) is 3.56. The number of aryl methyl sites for hydroxylation is 1. The fraction of sp³-hybridized carbons (Fsp3) is 0.450. The van der Waals surface area contributed by atoms with Gasteiger partial charge in [0, 0.05) is 37.9 Å². The fourth-order valence-corrected chi connectivity index (χ4v) is 3.88. The zero-order chi connectivity index (χ0) is 19.2. The van der Waals surface area contributed by atoms with Crippen LogP contribution in [0.4, 0.5) is 5.82 Å². The molecule has 31 heavy (non-hydrogen) atoms. The lowest BCUT2D eigenvalue weighted by Crippen LogP contribution is -2.40. The first kappa shape index (κ1) is 33.0. The summed E-state index contributed by atoms with van der Waals surface area (Å²) >= 11 is 12.0. The number of pyridine rings is 1. The Morgan fingerprint density at radius 2 is 1.77 bits per heavy atom. The van der Waals surface area contributed by atoms with E-state index in [0.717, 1.165) is 50.4 Å². The summed E-state index contributed by atoms with van der Waals surface area (Å²) in [5.41, 5.74) is 9.25. The Morgan fingerprint density at radius 3 is 2.45 bits per heavy atom. The highest BCUT2D eigenvalue weighted by Gasteiger charge is 2.27. The molecular weight excluding hydrogens is 523 g/mol. The van der Waals surface area contributed by atoms with Gasteiger partial charge in [0.1, 0.15) is 5.82 Å². The van der Waals surface area contributed by atoms with Gasteiger partial charge in [0.2, 0.25) is 0 Å². The van der Waals surface area contributed by atoms with E-state index in [9.17, 15) is 0 Å². The standard InChI is InChI=1S/C20H27Cl2N5.4ClH/c1-13-6-16(27-20(23)7-13)9-15-11-25-12-19(15)26-5-4-24-10-14-2-3-17(21)18(22)8-14;;;;/h2-3,6-8,15,19,24-26H,4-5,9-12H2,1H3,(H2,23,27);4*1H/t15-,19+;;;;/m0..../s1. The number of nitrogens with zero attached hydrogens (tertiary/aromatic N) is 1. The van der Waals surface area contributed by atoms with E-state index in [1.165, 1.54) is 5.56 Å². The minimum Gasteiger partial charge on any atom is -0.384 e. The lowest BCUT2D eigenvalue weighted by atomic mass is 9.97. The average Bonchev–Trinajstić information content (AvgIpc) is 3.04. The van der Waals surface area contributed by atoms with E-state index in [-0.39, 0.29) is 49.6 Å². The number of nitrogens with one attached hydrogen (secondary N) is 3. The maximum Gasteiger partial charge on any atom is 0.123 e. The molecule has 5 nitrogen and oxygen atoms in total. The highest BCUT2D eigenvalue weighted by Crippen LogP contribution is 2.22. The van der Waals surface area contributed by atoms with Gasteiger partial charge in [-0.15, -0.1) is 49.6 Å². The minimum absolute atomic E-state index is 0. The average molecular weight is 554 g/mol. The van der Waals surface area contributed by atoms with Crippen LogP contribution in [-0.2, 0) is 13.0 Å². The van der Waals surface area contributed by atoms with Crippen molar-refractivity contribution in [3.05, 3.63) is 57.2 Å². The molecule has 0 bridgehead atoms. The third kappa shape index (κ3) is 10.5. The monoisotopic (exact) mass is 551 g/mol. The molecule has 1 aromatic heterocycles. The number of anilines is 1. The van der Waals surface area contributed by atoms with E-state index < -0.39 is 0 Å². The van der Waals surface area contributed by atoms with Crippen LogP contribution >= 0.6 is 72.8 Å². The summed E-state index contributed by atoms with van der Waals surface area (Å²) in [5, 5.41) is 11.8. The maximum atomic E-state index is 6.05. The van der Waals surface area contributed by atoms with Crippen LogP contribution in [0.15, 0.2) is 30.3 Å². The van der Waals surface area contributed by atoms with E-state index in [1.54, 1.807) is 0 Å². The molecule has 1 aliphatic heterocycles. The predicted octanol–water partition coefficient (Wildman–Crippen LogP) is 4.48. The van der Waals surface area contributed by atoms with E-state index in [0.29, 0.717) is 27.8 Å². The van der Waals surface area contributed by atoms with Crippen LogP contribution < -0.4 is 21.7 Å². The van der Waals surface area contributed by atoms with Crippen LogP contribution in [0.25, 0.3) is 0 Å². The van der Waals surface area contributed by atoms with Crippen molar-refractivity contribution in [1.29, 1.82) is 0 Å². The Morgan fingerprint density at radius 1 is 1.03 bits per heavy atom. The Bertz CT molecular complexity index is 759. The number of nitrogen functional groups attached to an aromatic ring is 1. The van der Waals surface area contributed by atoms with Gasteiger partial charge in [-0.2, -0.15) is 0 Å². The highest BCUT2D eigenvalue weighted by molar-refractivity contribution is 6.42. The topological polar surface area (TPSA) is 75.0 Å². The molecule has 1 fully saturated rings. The molecule has 5 N–H and O–H groups in total. The molecule has 1 saturated heterocycles. The lowest BCUT2D eigenvalue weighted by Gasteiger charge is -2.20. The molecule has 0 aliphatic carbocycles. The predicted molar refractivity (Wildman–Crippen MR) is 142 cm³/mol. The van der Waals surface area contributed by atoms with Crippen LogP contribution in [0.5, 0.6) is 0 Å². The SMILES string of the molecule is Cc1cc(N)nc(C[C@H]2CNC[C@H]2NCCNCc2ccc(Cl)c(Cl)c2)c1.Cl.Cl.Cl.Cl. The first-order valence-corrected chi connectivity index (χ1v) is 10.1. The van der Waals surface area contributed by atoms with Crippen molar-refractivity contribution >= 4 is 78.6 Å². The Labute approximate surface area is 219 Å². The molecule has 1 aliphatic rings. The zero-order valence-corrected chi connectivity index (χ0v) is 22.0. The molecule has 0 unspecified atom stereocenters. The molecule has 0 radical (unpaired) electrons. The molecule has 1 aromatic carbocycles. The van der Waals surface area contributed by atoms with Crippen molar-refractivity contribution in [1.82, 2.24) is 20.9 Å². The van der Waals surface area contributed by atoms with Gasteiger partial charge in [-0.1, -0.05) is 29.3 Å². The normalized spacial score (nSPS) is 17.0. The van der Waals surface area contributed by atoms with Gasteiger partial charge in [0.15, 0.2) is 0 Å². The van der Waals surface area contributed by atoms with Crippen molar-refractivity contribution in [2.45, 2.75) is 25.9 Å². The number of halogens is 6. The van der Waals surface area contributed by atoms with Crippen LogP contribution in [0.2, 0.25) is 10.0 Å². The lowest BCUT2D eigenvalue weighted by molar-refractivity contribution is 0.419. The summed E-state index contributed by atoms with van der Waals surface area (Å²) in [6.45, 7) is 6.62. The van der Waals surface area contributed by atoms with Gasteiger partial charge >= 0.3 is 0 Å². The summed E-state index contributed by atoms with van der Waals surface area (Å²) in [5.74, 6) is 1.13. The van der Waals surface area contributed by atoms with Crippen molar-refractivity contribution in [3.63, 3.8) is 0 Å². The van der Waals surface area contributed by atoms with E-state index in [2.05, 4.69) is 33.9 Å². The van der Waals surface area contributed by atoms with Gasteiger partial charge in [-0.25, -0.2) is 4.98 Å². The molecule has 3 rings (SSSR count). The molecule has 2 aromatic rings. The molecule has 2 atom stereocenters. The summed E-state index contributed by atoms with van der Waals surface area (Å²) in [7, 11) is 0.